The minimum absolute atomic E-state index is 0.0941. The van der Waals surface area contributed by atoms with E-state index in [1.807, 2.05) is 29.2 Å². The van der Waals surface area contributed by atoms with Gasteiger partial charge in [-0.25, -0.2) is 0 Å². The Morgan fingerprint density at radius 2 is 1.43 bits per heavy atom. The van der Waals surface area contributed by atoms with Gasteiger partial charge in [0, 0.05) is 23.7 Å². The highest BCUT2D eigenvalue weighted by Gasteiger charge is 2.33. The van der Waals surface area contributed by atoms with E-state index in [-0.39, 0.29) is 5.91 Å². The van der Waals surface area contributed by atoms with Crippen molar-refractivity contribution in [2.75, 3.05) is 0 Å². The van der Waals surface area contributed by atoms with E-state index in [0.29, 0.717) is 24.1 Å². The summed E-state index contributed by atoms with van der Waals surface area (Å²) >= 11 is 0. The highest BCUT2D eigenvalue weighted by molar-refractivity contribution is 5.95. The lowest BCUT2D eigenvalue weighted by Gasteiger charge is -2.24. The van der Waals surface area contributed by atoms with Gasteiger partial charge in [0.1, 0.15) is 0 Å². The van der Waals surface area contributed by atoms with Crippen molar-refractivity contribution in [3.05, 3.63) is 70.8 Å². The average Bonchev–Trinajstić information content (AvgIpc) is 3.58. The predicted molar refractivity (Wildman–Crippen MR) is 110 cm³/mol. The van der Waals surface area contributed by atoms with Crippen LogP contribution in [-0.4, -0.2) is 22.8 Å². The van der Waals surface area contributed by atoms with E-state index in [9.17, 15) is 9.59 Å². The van der Waals surface area contributed by atoms with Crippen LogP contribution in [0.2, 0.25) is 0 Å². The molecule has 2 N–H and O–H groups in total. The van der Waals surface area contributed by atoms with Crippen molar-refractivity contribution in [2.45, 2.75) is 63.5 Å². The van der Waals surface area contributed by atoms with Gasteiger partial charge in [-0.15, -0.1) is 0 Å². The van der Waals surface area contributed by atoms with Crippen LogP contribution in [0, 0.1) is 0 Å². The van der Waals surface area contributed by atoms with E-state index in [4.69, 9.17) is 5.73 Å². The van der Waals surface area contributed by atoms with Crippen LogP contribution in [0.15, 0.2) is 48.5 Å². The minimum Gasteiger partial charge on any atom is -0.366 e. The summed E-state index contributed by atoms with van der Waals surface area (Å²) in [6.45, 7) is 0.562. The summed E-state index contributed by atoms with van der Waals surface area (Å²) in [4.78, 5) is 26.4. The first-order chi connectivity index (χ1) is 13.6. The Morgan fingerprint density at radius 1 is 0.821 bits per heavy atom. The van der Waals surface area contributed by atoms with Crippen molar-refractivity contribution in [3.63, 3.8) is 0 Å². The molecule has 0 spiro atoms. The molecule has 0 aliphatic heterocycles. The molecule has 4 heteroatoms. The fourth-order valence-electron chi connectivity index (χ4n) is 4.22. The zero-order valence-corrected chi connectivity index (χ0v) is 16.3. The minimum atomic E-state index is -0.431. The van der Waals surface area contributed by atoms with Crippen LogP contribution in [0.5, 0.6) is 0 Å². The van der Waals surface area contributed by atoms with Crippen LogP contribution < -0.4 is 5.73 Å². The van der Waals surface area contributed by atoms with Gasteiger partial charge in [0.25, 0.3) is 5.91 Å². The maximum Gasteiger partial charge on any atom is 0.254 e. The van der Waals surface area contributed by atoms with Gasteiger partial charge in [-0.1, -0.05) is 43.5 Å². The molecule has 0 atom stereocenters. The second kappa shape index (κ2) is 8.17. The molecule has 0 saturated heterocycles. The predicted octanol–water partition coefficient (Wildman–Crippen LogP) is 4.64. The first-order valence-electron chi connectivity index (χ1n) is 10.4. The summed E-state index contributed by atoms with van der Waals surface area (Å²) in [5, 5.41) is 0. The molecule has 2 aliphatic rings. The van der Waals surface area contributed by atoms with Crippen molar-refractivity contribution in [2.24, 2.45) is 5.73 Å². The molecule has 2 aromatic rings. The summed E-state index contributed by atoms with van der Waals surface area (Å²) in [7, 11) is 0. The van der Waals surface area contributed by atoms with Crippen LogP contribution in [0.1, 0.15) is 82.7 Å². The number of nitrogens with two attached hydrogens (primary N) is 1. The van der Waals surface area contributed by atoms with Gasteiger partial charge in [-0.3, -0.25) is 9.59 Å². The van der Waals surface area contributed by atoms with E-state index in [2.05, 4.69) is 12.1 Å². The van der Waals surface area contributed by atoms with E-state index in [0.717, 1.165) is 24.0 Å². The monoisotopic (exact) mass is 376 g/mol. The Balaban J connectivity index is 1.46. The van der Waals surface area contributed by atoms with Crippen LogP contribution >= 0.6 is 0 Å². The van der Waals surface area contributed by atoms with Crippen molar-refractivity contribution >= 4 is 11.8 Å². The molecule has 28 heavy (non-hydrogen) atoms. The van der Waals surface area contributed by atoms with Gasteiger partial charge < -0.3 is 10.6 Å². The number of rotatable bonds is 6. The summed E-state index contributed by atoms with van der Waals surface area (Å²) < 4.78 is 0. The van der Waals surface area contributed by atoms with Crippen LogP contribution in [-0.2, 0) is 6.54 Å². The van der Waals surface area contributed by atoms with Crippen LogP contribution in [0.3, 0.4) is 0 Å². The third-order valence-electron chi connectivity index (χ3n) is 6.07. The number of carbonyl (C=O) groups excluding carboxylic acids is 2. The third-order valence-corrected chi connectivity index (χ3v) is 6.07. The maximum atomic E-state index is 13.1. The highest BCUT2D eigenvalue weighted by atomic mass is 16.2. The lowest BCUT2D eigenvalue weighted by atomic mass is 9.84. The first kappa shape index (κ1) is 18.7. The lowest BCUT2D eigenvalue weighted by Crippen LogP contribution is -2.32. The molecule has 4 rings (SSSR count). The number of hydrogen-bond donors (Lipinski definition) is 1. The molecule has 2 fully saturated rings. The average molecular weight is 377 g/mol. The summed E-state index contributed by atoms with van der Waals surface area (Å²) in [6, 6.07) is 15.8. The van der Waals surface area contributed by atoms with Gasteiger partial charge in [0.15, 0.2) is 0 Å². The molecule has 0 heterocycles. The number of amides is 2. The van der Waals surface area contributed by atoms with Crippen molar-refractivity contribution in [1.82, 2.24) is 4.90 Å². The third kappa shape index (κ3) is 4.27. The zero-order valence-electron chi connectivity index (χ0n) is 16.3. The van der Waals surface area contributed by atoms with Gasteiger partial charge in [-0.05, 0) is 67.0 Å². The van der Waals surface area contributed by atoms with Crippen LogP contribution in [0.25, 0.3) is 0 Å². The number of benzene rings is 2. The molecule has 146 valence electrons. The molecule has 2 saturated carbocycles. The topological polar surface area (TPSA) is 63.4 Å². The Kier molecular flexibility index (Phi) is 5.47. The molecule has 4 nitrogen and oxygen atoms in total. The zero-order chi connectivity index (χ0) is 19.5. The van der Waals surface area contributed by atoms with Gasteiger partial charge in [0.2, 0.25) is 5.91 Å². The Hall–Kier alpha value is -2.62. The van der Waals surface area contributed by atoms with Gasteiger partial charge >= 0.3 is 0 Å². The quantitative estimate of drug-likeness (QED) is 0.798. The standard InChI is InChI=1S/C24H28N2O2/c25-23(27)20-8-6-17(7-9-20)16-26(22-14-15-22)24(28)21-12-10-19(11-13-21)18-4-2-1-3-5-18/h6-13,18,22H,1-5,14-16H2,(H2,25,27). The number of hydrogen-bond acceptors (Lipinski definition) is 2. The molecule has 0 bridgehead atoms. The second-order valence-corrected chi connectivity index (χ2v) is 8.18. The van der Waals surface area contributed by atoms with Crippen molar-refractivity contribution in [1.29, 1.82) is 0 Å². The SMILES string of the molecule is NC(=O)c1ccc(CN(C(=O)c2ccc(C3CCCCC3)cc2)C2CC2)cc1. The Morgan fingerprint density at radius 3 is 2.00 bits per heavy atom. The molecular formula is C24H28N2O2. The summed E-state index contributed by atoms with van der Waals surface area (Å²) in [6.07, 6.45) is 8.64. The lowest BCUT2D eigenvalue weighted by molar-refractivity contribution is 0.0729. The van der Waals surface area contributed by atoms with Gasteiger partial charge in [-0.2, -0.15) is 0 Å². The maximum absolute atomic E-state index is 13.1. The molecule has 2 aromatic carbocycles. The van der Waals surface area contributed by atoms with Crippen molar-refractivity contribution < 1.29 is 9.59 Å². The van der Waals surface area contributed by atoms with E-state index in [1.54, 1.807) is 12.1 Å². The molecular weight excluding hydrogens is 348 g/mol. The molecule has 0 aromatic heterocycles. The number of primary amides is 1. The summed E-state index contributed by atoms with van der Waals surface area (Å²) in [5.74, 6) is 0.317. The molecule has 0 unspecified atom stereocenters. The first-order valence-corrected chi connectivity index (χ1v) is 10.4. The normalized spacial score (nSPS) is 17.3. The Labute approximate surface area is 166 Å². The molecule has 2 aliphatic carbocycles. The highest BCUT2D eigenvalue weighted by Crippen LogP contribution is 2.33. The Bertz CT molecular complexity index is 832. The van der Waals surface area contributed by atoms with Gasteiger partial charge in [0.05, 0.1) is 0 Å². The van der Waals surface area contributed by atoms with Crippen molar-refractivity contribution in [3.8, 4) is 0 Å². The second-order valence-electron chi connectivity index (χ2n) is 8.18. The fourth-order valence-corrected chi connectivity index (χ4v) is 4.22. The summed E-state index contributed by atoms with van der Waals surface area (Å²) in [5.41, 5.74) is 8.96. The number of nitrogens with zero attached hydrogens (tertiary/aromatic N) is 1. The fraction of sp³-hybridized carbons (Fsp3) is 0.417. The molecule has 2 amide bonds. The van der Waals surface area contributed by atoms with E-state index >= 15 is 0 Å². The number of carbonyl (C=O) groups is 2. The van der Waals surface area contributed by atoms with E-state index < -0.39 is 5.91 Å². The molecule has 0 radical (unpaired) electrons. The van der Waals surface area contributed by atoms with Crippen LogP contribution in [0.4, 0.5) is 0 Å². The largest absolute Gasteiger partial charge is 0.366 e. The smallest absolute Gasteiger partial charge is 0.254 e. The van der Waals surface area contributed by atoms with E-state index in [1.165, 1.54) is 37.7 Å².